The van der Waals surface area contributed by atoms with Crippen LogP contribution in [0.15, 0.2) is 60.3 Å². The second-order valence-corrected chi connectivity index (χ2v) is 6.94. The highest BCUT2D eigenvalue weighted by atomic mass is 16.5. The Labute approximate surface area is 176 Å². The van der Waals surface area contributed by atoms with E-state index < -0.39 is 5.91 Å². The number of piperazine rings is 1. The minimum atomic E-state index is -0.495. The number of hydrogen-bond acceptors (Lipinski definition) is 6. The number of para-hydroxylation sites is 2. The van der Waals surface area contributed by atoms with E-state index in [1.807, 2.05) is 35.2 Å². The van der Waals surface area contributed by atoms with Crippen LogP contribution in [0.25, 0.3) is 0 Å². The number of amides is 1. The summed E-state index contributed by atoms with van der Waals surface area (Å²) in [5.41, 5.74) is 2.04. The van der Waals surface area contributed by atoms with E-state index in [2.05, 4.69) is 10.2 Å². The standard InChI is InChI=1S/C23H24N4O3/c1-17(28)18-6-5-7-20(14-18)25-23(29)19(15-24)16-26-10-12-27(13-11-26)21-8-3-4-9-22(21)30-2/h3-9,14,16H,10-13H2,1-2H3,(H,25,29)/b19-16-. The molecule has 2 aromatic carbocycles. The third-order valence-corrected chi connectivity index (χ3v) is 4.94. The van der Waals surface area contributed by atoms with E-state index in [1.165, 1.54) is 6.92 Å². The molecule has 1 aliphatic rings. The SMILES string of the molecule is COc1ccccc1N1CCN(/C=C(/C#N)C(=O)Nc2cccc(C(C)=O)c2)CC1. The van der Waals surface area contributed by atoms with Crippen LogP contribution < -0.4 is 15.0 Å². The highest BCUT2D eigenvalue weighted by Crippen LogP contribution is 2.28. The minimum Gasteiger partial charge on any atom is -0.495 e. The lowest BCUT2D eigenvalue weighted by atomic mass is 10.1. The lowest BCUT2D eigenvalue weighted by molar-refractivity contribution is -0.112. The molecule has 0 saturated carbocycles. The molecule has 0 unspecified atom stereocenters. The minimum absolute atomic E-state index is 0.0222. The largest absolute Gasteiger partial charge is 0.495 e. The summed E-state index contributed by atoms with van der Waals surface area (Å²) >= 11 is 0. The Bertz CT molecular complexity index is 1000. The highest BCUT2D eigenvalue weighted by Gasteiger charge is 2.19. The summed E-state index contributed by atoms with van der Waals surface area (Å²) in [5, 5.41) is 12.2. The molecule has 30 heavy (non-hydrogen) atoms. The van der Waals surface area contributed by atoms with Gasteiger partial charge < -0.3 is 19.9 Å². The van der Waals surface area contributed by atoms with Gasteiger partial charge in [0.25, 0.3) is 5.91 Å². The van der Waals surface area contributed by atoms with Crippen molar-refractivity contribution in [1.82, 2.24) is 4.90 Å². The third-order valence-electron chi connectivity index (χ3n) is 4.94. The molecule has 0 atom stereocenters. The average molecular weight is 404 g/mol. The van der Waals surface area contributed by atoms with Gasteiger partial charge in [0, 0.05) is 43.6 Å². The number of carbonyl (C=O) groups is 2. The molecule has 0 aromatic heterocycles. The Morgan fingerprint density at radius 2 is 1.83 bits per heavy atom. The van der Waals surface area contributed by atoms with Crippen molar-refractivity contribution in [3.05, 3.63) is 65.9 Å². The van der Waals surface area contributed by atoms with Gasteiger partial charge in [0.2, 0.25) is 0 Å². The lowest BCUT2D eigenvalue weighted by Crippen LogP contribution is -2.44. The number of carbonyl (C=O) groups excluding carboxylic acids is 2. The number of nitrogens with zero attached hydrogens (tertiary/aromatic N) is 3. The summed E-state index contributed by atoms with van der Waals surface area (Å²) in [7, 11) is 1.65. The van der Waals surface area contributed by atoms with Gasteiger partial charge in [0.15, 0.2) is 5.78 Å². The first-order chi connectivity index (χ1) is 14.5. The zero-order valence-electron chi connectivity index (χ0n) is 17.1. The fraction of sp³-hybridized carbons (Fsp3) is 0.261. The molecule has 0 aliphatic carbocycles. The summed E-state index contributed by atoms with van der Waals surface area (Å²) in [5.74, 6) is 0.242. The van der Waals surface area contributed by atoms with Crippen LogP contribution in [-0.4, -0.2) is 49.9 Å². The second kappa shape index (κ2) is 9.61. The Kier molecular flexibility index (Phi) is 6.71. The summed E-state index contributed by atoms with van der Waals surface area (Å²) in [6.07, 6.45) is 1.60. The molecule has 154 valence electrons. The van der Waals surface area contributed by atoms with Crippen LogP contribution in [0.3, 0.4) is 0 Å². The van der Waals surface area contributed by atoms with Gasteiger partial charge in [0.05, 0.1) is 12.8 Å². The molecule has 7 nitrogen and oxygen atoms in total. The summed E-state index contributed by atoms with van der Waals surface area (Å²) in [6.45, 7) is 4.31. The molecular weight excluding hydrogens is 380 g/mol. The van der Waals surface area contributed by atoms with E-state index in [-0.39, 0.29) is 11.4 Å². The molecule has 1 N–H and O–H groups in total. The van der Waals surface area contributed by atoms with Gasteiger partial charge in [-0.05, 0) is 31.2 Å². The normalized spacial score (nSPS) is 14.1. The zero-order chi connectivity index (χ0) is 21.5. The van der Waals surface area contributed by atoms with Crippen LogP contribution in [0, 0.1) is 11.3 Å². The predicted octanol–water partition coefficient (Wildman–Crippen LogP) is 3.07. The second-order valence-electron chi connectivity index (χ2n) is 6.94. The maximum absolute atomic E-state index is 12.5. The van der Waals surface area contributed by atoms with Crippen molar-refractivity contribution in [2.75, 3.05) is 43.5 Å². The fourth-order valence-corrected chi connectivity index (χ4v) is 3.32. The van der Waals surface area contributed by atoms with Crippen molar-refractivity contribution in [3.63, 3.8) is 0 Å². The number of ketones is 1. The molecule has 0 spiro atoms. The van der Waals surface area contributed by atoms with E-state index in [0.717, 1.165) is 24.5 Å². The number of anilines is 2. The molecule has 1 heterocycles. The first kappa shape index (κ1) is 20.9. The Morgan fingerprint density at radius 3 is 2.50 bits per heavy atom. The van der Waals surface area contributed by atoms with Crippen molar-refractivity contribution < 1.29 is 14.3 Å². The van der Waals surface area contributed by atoms with Crippen LogP contribution >= 0.6 is 0 Å². The number of rotatable bonds is 6. The van der Waals surface area contributed by atoms with Crippen LogP contribution in [0.2, 0.25) is 0 Å². The van der Waals surface area contributed by atoms with Crippen LogP contribution in [0.1, 0.15) is 17.3 Å². The molecule has 3 rings (SSSR count). The van der Waals surface area contributed by atoms with Gasteiger partial charge in [-0.25, -0.2) is 0 Å². The van der Waals surface area contributed by atoms with Crippen molar-refractivity contribution in [2.45, 2.75) is 6.92 Å². The van der Waals surface area contributed by atoms with Crippen LogP contribution in [0.5, 0.6) is 5.75 Å². The number of nitriles is 1. The first-order valence-corrected chi connectivity index (χ1v) is 9.68. The van der Waals surface area contributed by atoms with Crippen LogP contribution in [-0.2, 0) is 4.79 Å². The molecule has 2 aromatic rings. The number of methoxy groups -OCH3 is 1. The predicted molar refractivity (Wildman–Crippen MR) is 116 cm³/mol. The number of Topliss-reactive ketones (excluding diaryl/α,β-unsaturated/α-hetero) is 1. The van der Waals surface area contributed by atoms with E-state index in [4.69, 9.17) is 4.74 Å². The van der Waals surface area contributed by atoms with Crippen molar-refractivity contribution in [2.24, 2.45) is 0 Å². The van der Waals surface area contributed by atoms with Gasteiger partial charge in [-0.1, -0.05) is 24.3 Å². The zero-order valence-corrected chi connectivity index (χ0v) is 17.1. The van der Waals surface area contributed by atoms with E-state index in [9.17, 15) is 14.9 Å². The Morgan fingerprint density at radius 1 is 1.10 bits per heavy atom. The topological polar surface area (TPSA) is 85.7 Å². The first-order valence-electron chi connectivity index (χ1n) is 9.68. The van der Waals surface area contributed by atoms with E-state index in [0.29, 0.717) is 24.3 Å². The molecule has 1 fully saturated rings. The lowest BCUT2D eigenvalue weighted by Gasteiger charge is -2.36. The van der Waals surface area contributed by atoms with Crippen molar-refractivity contribution >= 4 is 23.1 Å². The molecular formula is C23H24N4O3. The van der Waals surface area contributed by atoms with Gasteiger partial charge in [-0.2, -0.15) is 5.26 Å². The molecule has 1 amide bonds. The summed E-state index contributed by atoms with van der Waals surface area (Å²) < 4.78 is 5.43. The third kappa shape index (κ3) is 4.97. The quantitative estimate of drug-likeness (QED) is 0.452. The van der Waals surface area contributed by atoms with E-state index in [1.54, 1.807) is 37.6 Å². The van der Waals surface area contributed by atoms with Crippen molar-refractivity contribution in [3.8, 4) is 11.8 Å². The highest BCUT2D eigenvalue weighted by molar-refractivity contribution is 6.07. The smallest absolute Gasteiger partial charge is 0.267 e. The maximum atomic E-state index is 12.5. The molecule has 7 heteroatoms. The Hall–Kier alpha value is -3.79. The maximum Gasteiger partial charge on any atom is 0.267 e. The molecule has 0 bridgehead atoms. The van der Waals surface area contributed by atoms with Crippen LogP contribution in [0.4, 0.5) is 11.4 Å². The molecule has 1 saturated heterocycles. The Balaban J connectivity index is 1.64. The number of nitrogens with one attached hydrogen (secondary N) is 1. The van der Waals surface area contributed by atoms with E-state index >= 15 is 0 Å². The number of ether oxygens (including phenoxy) is 1. The average Bonchev–Trinajstić information content (AvgIpc) is 2.78. The van der Waals surface area contributed by atoms with Gasteiger partial charge in [-0.15, -0.1) is 0 Å². The number of benzene rings is 2. The van der Waals surface area contributed by atoms with Gasteiger partial charge in [-0.3, -0.25) is 9.59 Å². The molecule has 0 radical (unpaired) electrons. The van der Waals surface area contributed by atoms with Gasteiger partial charge >= 0.3 is 0 Å². The van der Waals surface area contributed by atoms with Crippen molar-refractivity contribution in [1.29, 1.82) is 5.26 Å². The summed E-state index contributed by atoms with van der Waals surface area (Å²) in [6, 6.07) is 16.5. The van der Waals surface area contributed by atoms with Gasteiger partial charge in [0.1, 0.15) is 17.4 Å². The fourth-order valence-electron chi connectivity index (χ4n) is 3.32. The monoisotopic (exact) mass is 404 g/mol. The molecule has 1 aliphatic heterocycles. The summed E-state index contributed by atoms with van der Waals surface area (Å²) in [4.78, 5) is 28.2. The number of hydrogen-bond donors (Lipinski definition) is 1.